The van der Waals surface area contributed by atoms with Crippen LogP contribution in [0.1, 0.15) is 32.3 Å². The molecule has 2 aromatic carbocycles. The van der Waals surface area contributed by atoms with Crippen LogP contribution in [0.25, 0.3) is 11.0 Å². The number of methoxy groups -OCH3 is 1. The molecule has 0 fully saturated rings. The number of ether oxygens (including phenoxy) is 1. The van der Waals surface area contributed by atoms with Crippen LogP contribution < -0.4 is 10.1 Å². The van der Waals surface area contributed by atoms with Gasteiger partial charge < -0.3 is 14.5 Å². The number of carbonyl (C=O) groups is 1. The maximum atomic E-state index is 13.0. The van der Waals surface area contributed by atoms with Crippen molar-refractivity contribution in [1.29, 1.82) is 0 Å². The van der Waals surface area contributed by atoms with Crippen molar-refractivity contribution in [3.8, 4) is 5.75 Å². The fourth-order valence-corrected chi connectivity index (χ4v) is 5.23. The summed E-state index contributed by atoms with van der Waals surface area (Å²) in [7, 11) is 1.66. The summed E-state index contributed by atoms with van der Waals surface area (Å²) in [5, 5.41) is 13.1. The highest BCUT2D eigenvalue weighted by atomic mass is 32.2. The van der Waals surface area contributed by atoms with Crippen molar-refractivity contribution >= 4 is 40.0 Å². The summed E-state index contributed by atoms with van der Waals surface area (Å²) < 4.78 is 12.2. The number of aryl methyl sites for hydroxylation is 2. The van der Waals surface area contributed by atoms with E-state index in [2.05, 4.69) is 21.6 Å². The molecule has 6 nitrogen and oxygen atoms in total. The molecule has 0 unspecified atom stereocenters. The van der Waals surface area contributed by atoms with Gasteiger partial charge in [-0.1, -0.05) is 59.0 Å². The maximum absolute atomic E-state index is 13.0. The van der Waals surface area contributed by atoms with Crippen LogP contribution >= 0.6 is 23.1 Å². The number of para-hydroxylation sites is 1. The molecule has 0 aliphatic heterocycles. The van der Waals surface area contributed by atoms with Gasteiger partial charge in [0.2, 0.25) is 0 Å². The van der Waals surface area contributed by atoms with Crippen molar-refractivity contribution in [2.45, 2.75) is 30.4 Å². The monoisotopic (exact) mass is 453 g/mol. The molecule has 4 rings (SSSR count). The Kier molecular flexibility index (Phi) is 6.58. The van der Waals surface area contributed by atoms with Crippen molar-refractivity contribution < 1.29 is 13.9 Å². The Morgan fingerprint density at radius 1 is 1.19 bits per heavy atom. The zero-order valence-electron chi connectivity index (χ0n) is 17.6. The predicted octanol–water partition coefficient (Wildman–Crippen LogP) is 5.17. The number of rotatable bonds is 8. The average molecular weight is 454 g/mol. The molecule has 4 aromatic rings. The summed E-state index contributed by atoms with van der Waals surface area (Å²) in [4.78, 5) is 13.0. The second kappa shape index (κ2) is 9.53. The van der Waals surface area contributed by atoms with Gasteiger partial charge in [-0.2, -0.15) is 0 Å². The molecule has 31 heavy (non-hydrogen) atoms. The summed E-state index contributed by atoms with van der Waals surface area (Å²) in [6.45, 7) is 4.45. The molecule has 1 amide bonds. The molecule has 0 atom stereocenters. The minimum absolute atomic E-state index is 0.216. The van der Waals surface area contributed by atoms with E-state index in [9.17, 15) is 4.79 Å². The summed E-state index contributed by atoms with van der Waals surface area (Å²) in [6, 6.07) is 13.8. The highest BCUT2D eigenvalue weighted by molar-refractivity contribution is 8.00. The molecule has 0 saturated carbocycles. The topological polar surface area (TPSA) is 77.2 Å². The van der Waals surface area contributed by atoms with Gasteiger partial charge in [0.25, 0.3) is 5.91 Å². The molecular formula is C23H23N3O3S2. The zero-order chi connectivity index (χ0) is 21.8. The van der Waals surface area contributed by atoms with E-state index in [0.717, 1.165) is 37.2 Å². The molecule has 8 heteroatoms. The van der Waals surface area contributed by atoms with E-state index in [0.29, 0.717) is 30.1 Å². The van der Waals surface area contributed by atoms with E-state index in [4.69, 9.17) is 9.15 Å². The molecule has 2 heterocycles. The highest BCUT2D eigenvalue weighted by Gasteiger charge is 2.21. The minimum atomic E-state index is -0.216. The lowest BCUT2D eigenvalue weighted by Crippen LogP contribution is -2.26. The Labute approximate surface area is 189 Å². The number of carbonyl (C=O) groups excluding carboxylic acids is 1. The van der Waals surface area contributed by atoms with Gasteiger partial charge in [0.05, 0.1) is 7.11 Å². The first-order chi connectivity index (χ1) is 15.0. The van der Waals surface area contributed by atoms with Gasteiger partial charge in [-0.25, -0.2) is 0 Å². The number of thioether (sulfide) groups is 1. The Hall–Kier alpha value is -2.84. The standard InChI is InChI=1S/C23H23N3O3S2/c1-14-8-9-19(28-3)16(12-14)10-11-24-22(27)21-18(13-30-23-26-25-15(2)31-23)17-6-4-5-7-20(17)29-21/h4-9,12H,10-11,13H2,1-3H3,(H,24,27). The molecular weight excluding hydrogens is 430 g/mol. The van der Waals surface area contributed by atoms with E-state index >= 15 is 0 Å². The second-order valence-corrected chi connectivity index (χ2v) is 9.51. The summed E-state index contributed by atoms with van der Waals surface area (Å²) in [5.74, 6) is 1.55. The zero-order valence-corrected chi connectivity index (χ0v) is 19.2. The number of nitrogens with one attached hydrogen (secondary N) is 1. The predicted molar refractivity (Wildman–Crippen MR) is 124 cm³/mol. The van der Waals surface area contributed by atoms with Gasteiger partial charge in [-0.05, 0) is 38.0 Å². The van der Waals surface area contributed by atoms with Crippen LogP contribution in [0.2, 0.25) is 0 Å². The Morgan fingerprint density at radius 2 is 2.03 bits per heavy atom. The lowest BCUT2D eigenvalue weighted by atomic mass is 10.1. The van der Waals surface area contributed by atoms with Crippen LogP contribution in [0.4, 0.5) is 0 Å². The van der Waals surface area contributed by atoms with Crippen molar-refractivity contribution in [2.24, 2.45) is 0 Å². The van der Waals surface area contributed by atoms with Crippen LogP contribution in [0.3, 0.4) is 0 Å². The molecule has 0 radical (unpaired) electrons. The van der Waals surface area contributed by atoms with Crippen molar-refractivity contribution in [2.75, 3.05) is 13.7 Å². The molecule has 0 aliphatic carbocycles. The molecule has 1 N–H and O–H groups in total. The third-order valence-electron chi connectivity index (χ3n) is 4.87. The first-order valence-corrected chi connectivity index (χ1v) is 11.7. The molecule has 0 aliphatic rings. The number of furan rings is 1. The van der Waals surface area contributed by atoms with E-state index in [1.165, 1.54) is 0 Å². The summed E-state index contributed by atoms with van der Waals surface area (Å²) in [5.41, 5.74) is 3.80. The number of benzene rings is 2. The molecule has 0 spiro atoms. The SMILES string of the molecule is COc1ccc(C)cc1CCNC(=O)c1oc2ccccc2c1CSc1nnc(C)s1. The van der Waals surface area contributed by atoms with Gasteiger partial charge in [-0.15, -0.1) is 10.2 Å². The van der Waals surface area contributed by atoms with Gasteiger partial charge in [0.15, 0.2) is 10.1 Å². The fraction of sp³-hybridized carbons (Fsp3) is 0.261. The minimum Gasteiger partial charge on any atom is -0.496 e. The van der Waals surface area contributed by atoms with Crippen LogP contribution in [-0.4, -0.2) is 29.8 Å². The van der Waals surface area contributed by atoms with E-state index in [1.807, 2.05) is 50.2 Å². The maximum Gasteiger partial charge on any atom is 0.287 e. The van der Waals surface area contributed by atoms with E-state index < -0.39 is 0 Å². The third kappa shape index (κ3) is 4.91. The molecule has 160 valence electrons. The van der Waals surface area contributed by atoms with Gasteiger partial charge in [0.1, 0.15) is 16.3 Å². The first-order valence-electron chi connectivity index (χ1n) is 9.90. The van der Waals surface area contributed by atoms with Crippen LogP contribution in [-0.2, 0) is 12.2 Å². The second-order valence-electron chi connectivity index (χ2n) is 7.10. The molecule has 0 bridgehead atoms. The van der Waals surface area contributed by atoms with Gasteiger partial charge >= 0.3 is 0 Å². The average Bonchev–Trinajstić information content (AvgIpc) is 3.35. The van der Waals surface area contributed by atoms with Crippen molar-refractivity contribution in [3.05, 3.63) is 69.9 Å². The summed E-state index contributed by atoms with van der Waals surface area (Å²) in [6.07, 6.45) is 0.672. The largest absolute Gasteiger partial charge is 0.496 e. The van der Waals surface area contributed by atoms with Crippen LogP contribution in [0.15, 0.2) is 51.2 Å². The van der Waals surface area contributed by atoms with Crippen LogP contribution in [0.5, 0.6) is 5.75 Å². The Morgan fingerprint density at radius 3 is 2.81 bits per heavy atom. The number of hydrogen-bond acceptors (Lipinski definition) is 7. The lowest BCUT2D eigenvalue weighted by molar-refractivity contribution is 0.0927. The number of nitrogens with zero attached hydrogens (tertiary/aromatic N) is 2. The third-order valence-corrected chi connectivity index (χ3v) is 6.87. The van der Waals surface area contributed by atoms with Gasteiger partial charge in [0, 0.05) is 23.2 Å². The smallest absolute Gasteiger partial charge is 0.287 e. The quantitative estimate of drug-likeness (QED) is 0.371. The van der Waals surface area contributed by atoms with E-state index in [1.54, 1.807) is 30.2 Å². The fourth-order valence-electron chi connectivity index (χ4n) is 3.39. The molecule has 2 aromatic heterocycles. The number of aromatic nitrogens is 2. The first kappa shape index (κ1) is 21.4. The lowest BCUT2D eigenvalue weighted by Gasteiger charge is -2.10. The number of fused-ring (bicyclic) bond motifs is 1. The Balaban J connectivity index is 1.50. The van der Waals surface area contributed by atoms with E-state index in [-0.39, 0.29) is 5.91 Å². The van der Waals surface area contributed by atoms with Crippen LogP contribution in [0, 0.1) is 13.8 Å². The Bertz CT molecular complexity index is 1220. The number of amides is 1. The summed E-state index contributed by atoms with van der Waals surface area (Å²) >= 11 is 3.10. The van der Waals surface area contributed by atoms with Gasteiger partial charge in [-0.3, -0.25) is 4.79 Å². The highest BCUT2D eigenvalue weighted by Crippen LogP contribution is 2.33. The normalized spacial score (nSPS) is 11.1. The van der Waals surface area contributed by atoms with Crippen molar-refractivity contribution in [1.82, 2.24) is 15.5 Å². The molecule has 0 saturated heterocycles. The number of hydrogen-bond donors (Lipinski definition) is 1. The van der Waals surface area contributed by atoms with Crippen molar-refractivity contribution in [3.63, 3.8) is 0 Å².